The van der Waals surface area contributed by atoms with Crippen molar-refractivity contribution < 1.29 is 47.3 Å². The summed E-state index contributed by atoms with van der Waals surface area (Å²) >= 11 is 0. The van der Waals surface area contributed by atoms with Gasteiger partial charge in [0.2, 0.25) is 0 Å². The molecule has 0 fully saturated rings. The molecule has 5 nitrogen and oxygen atoms in total. The second-order valence-corrected chi connectivity index (χ2v) is 4.56. The van der Waals surface area contributed by atoms with Crippen molar-refractivity contribution >= 4 is 15.8 Å². The fourth-order valence-electron chi connectivity index (χ4n) is 1.03. The molecule has 7 heteroatoms. The van der Waals surface area contributed by atoms with Crippen molar-refractivity contribution in [2.24, 2.45) is 0 Å². The standard InChI is InChI=1S/C9H13NO4S.Na/c10-8-3-1-4-9(7-8)14-5-2-6-15(11,12)13;/h1,3-4,7H,2,5-6,10H2,(H,11,12,13);/q;+1/p-1. The quantitative estimate of drug-likeness (QED) is 0.273. The molecule has 84 valence electrons. The van der Waals surface area contributed by atoms with Crippen LogP contribution in [0.1, 0.15) is 6.42 Å². The molecule has 0 spiro atoms. The van der Waals surface area contributed by atoms with E-state index in [9.17, 15) is 13.0 Å². The molecule has 0 heterocycles. The van der Waals surface area contributed by atoms with Gasteiger partial charge in [0, 0.05) is 17.5 Å². The van der Waals surface area contributed by atoms with Crippen molar-refractivity contribution in [2.75, 3.05) is 18.1 Å². The summed E-state index contributed by atoms with van der Waals surface area (Å²) in [6.07, 6.45) is 0.181. The molecular formula is C9H12NNaO4S. The van der Waals surface area contributed by atoms with Crippen LogP contribution in [0, 0.1) is 0 Å². The molecule has 0 aliphatic rings. The summed E-state index contributed by atoms with van der Waals surface area (Å²) in [4.78, 5) is 0. The Labute approximate surface area is 117 Å². The van der Waals surface area contributed by atoms with E-state index in [4.69, 9.17) is 10.5 Å². The minimum Gasteiger partial charge on any atom is -0.748 e. The Morgan fingerprint density at radius 3 is 2.62 bits per heavy atom. The van der Waals surface area contributed by atoms with Crippen LogP contribution in [0.2, 0.25) is 0 Å². The number of benzene rings is 1. The first-order chi connectivity index (χ1) is 6.97. The van der Waals surface area contributed by atoms with Crippen LogP contribution in [0.25, 0.3) is 0 Å². The Balaban J connectivity index is 0.00000225. The van der Waals surface area contributed by atoms with Crippen molar-refractivity contribution in [3.63, 3.8) is 0 Å². The number of rotatable bonds is 5. The molecule has 0 bridgehead atoms. The summed E-state index contributed by atoms with van der Waals surface area (Å²) in [5, 5.41) is 0. The molecule has 0 unspecified atom stereocenters. The van der Waals surface area contributed by atoms with Crippen molar-refractivity contribution in [3.05, 3.63) is 24.3 Å². The predicted octanol–water partition coefficient (Wildman–Crippen LogP) is -2.41. The Bertz CT molecular complexity index is 421. The summed E-state index contributed by atoms with van der Waals surface area (Å²) in [6.45, 7) is 0.185. The van der Waals surface area contributed by atoms with Crippen LogP contribution in [0.3, 0.4) is 0 Å². The van der Waals surface area contributed by atoms with E-state index in [1.54, 1.807) is 24.3 Å². The Hall–Kier alpha value is -0.270. The third kappa shape index (κ3) is 7.08. The first-order valence-electron chi connectivity index (χ1n) is 4.39. The fraction of sp³-hybridized carbons (Fsp3) is 0.333. The van der Waals surface area contributed by atoms with Gasteiger partial charge < -0.3 is 15.0 Å². The van der Waals surface area contributed by atoms with Crippen molar-refractivity contribution in [1.29, 1.82) is 0 Å². The molecule has 0 aliphatic heterocycles. The molecule has 0 radical (unpaired) electrons. The van der Waals surface area contributed by atoms with Crippen molar-refractivity contribution in [1.82, 2.24) is 0 Å². The zero-order valence-corrected chi connectivity index (χ0v) is 11.9. The van der Waals surface area contributed by atoms with Crippen LogP contribution in [0.15, 0.2) is 24.3 Å². The van der Waals surface area contributed by atoms with Gasteiger partial charge in [-0.2, -0.15) is 0 Å². The predicted molar refractivity (Wildman–Crippen MR) is 55.5 cm³/mol. The molecule has 0 saturated carbocycles. The monoisotopic (exact) mass is 253 g/mol. The Morgan fingerprint density at radius 1 is 1.38 bits per heavy atom. The van der Waals surface area contributed by atoms with Gasteiger partial charge in [-0.25, -0.2) is 8.42 Å². The van der Waals surface area contributed by atoms with Gasteiger partial charge in [0.05, 0.1) is 16.7 Å². The Morgan fingerprint density at radius 2 is 2.06 bits per heavy atom. The summed E-state index contributed by atoms with van der Waals surface area (Å²) < 4.78 is 36.0. The molecule has 16 heavy (non-hydrogen) atoms. The molecule has 1 rings (SSSR count). The largest absolute Gasteiger partial charge is 1.00 e. The van der Waals surface area contributed by atoms with Crippen LogP contribution in [-0.4, -0.2) is 25.3 Å². The minimum absolute atomic E-state index is 0. The van der Waals surface area contributed by atoms with Crippen LogP contribution < -0.4 is 40.0 Å². The molecule has 0 atom stereocenters. The van der Waals surface area contributed by atoms with E-state index in [0.717, 1.165) is 0 Å². The number of nitrogen functional groups attached to an aromatic ring is 1. The normalized spacial score (nSPS) is 10.6. The van der Waals surface area contributed by atoms with Gasteiger partial charge in [0.15, 0.2) is 0 Å². The average Bonchev–Trinajstić information content (AvgIpc) is 2.11. The van der Waals surface area contributed by atoms with Gasteiger partial charge in [0.25, 0.3) is 0 Å². The van der Waals surface area contributed by atoms with Crippen LogP contribution in [-0.2, 0) is 10.1 Å². The van der Waals surface area contributed by atoms with E-state index < -0.39 is 15.9 Å². The minimum atomic E-state index is -4.14. The topological polar surface area (TPSA) is 92.5 Å². The van der Waals surface area contributed by atoms with Crippen LogP contribution >= 0.6 is 0 Å². The molecule has 0 saturated heterocycles. The summed E-state index contributed by atoms with van der Waals surface area (Å²) in [5.74, 6) is 0.160. The smallest absolute Gasteiger partial charge is 0.748 e. The first-order valence-corrected chi connectivity index (χ1v) is 5.97. The summed E-state index contributed by atoms with van der Waals surface area (Å²) in [5.41, 5.74) is 6.08. The van der Waals surface area contributed by atoms with Gasteiger partial charge >= 0.3 is 29.6 Å². The van der Waals surface area contributed by atoms with E-state index in [1.807, 2.05) is 0 Å². The van der Waals surface area contributed by atoms with Crippen LogP contribution in [0.5, 0.6) is 5.75 Å². The van der Waals surface area contributed by atoms with Crippen molar-refractivity contribution in [3.8, 4) is 5.75 Å². The summed E-state index contributed by atoms with van der Waals surface area (Å²) in [6, 6.07) is 6.79. The van der Waals surface area contributed by atoms with E-state index in [2.05, 4.69) is 0 Å². The maximum atomic E-state index is 10.3. The van der Waals surface area contributed by atoms with Crippen LogP contribution in [0.4, 0.5) is 5.69 Å². The van der Waals surface area contributed by atoms with E-state index >= 15 is 0 Å². The maximum Gasteiger partial charge on any atom is 1.00 e. The maximum absolute atomic E-state index is 10.3. The van der Waals surface area contributed by atoms with Gasteiger partial charge in [-0.05, 0) is 18.6 Å². The number of hydrogen-bond donors (Lipinski definition) is 1. The van der Waals surface area contributed by atoms with Gasteiger partial charge in [-0.3, -0.25) is 0 Å². The molecule has 0 aromatic heterocycles. The van der Waals surface area contributed by atoms with Gasteiger partial charge in [0.1, 0.15) is 5.75 Å². The third-order valence-electron chi connectivity index (χ3n) is 1.67. The Kier molecular flexibility index (Phi) is 7.01. The molecule has 1 aromatic carbocycles. The van der Waals surface area contributed by atoms with Crippen molar-refractivity contribution in [2.45, 2.75) is 6.42 Å². The number of ether oxygens (including phenoxy) is 1. The molecular weight excluding hydrogens is 241 g/mol. The number of nitrogens with two attached hydrogens (primary N) is 1. The van der Waals surface area contributed by atoms with Gasteiger partial charge in [-0.15, -0.1) is 0 Å². The van der Waals surface area contributed by atoms with E-state index in [1.165, 1.54) is 0 Å². The molecule has 0 amide bonds. The zero-order chi connectivity index (χ0) is 11.3. The average molecular weight is 253 g/mol. The second-order valence-electron chi connectivity index (χ2n) is 3.04. The fourth-order valence-corrected chi connectivity index (χ4v) is 1.50. The van der Waals surface area contributed by atoms with E-state index in [0.29, 0.717) is 11.4 Å². The SMILES string of the molecule is Nc1cccc(OCCCS(=O)(=O)[O-])c1.[Na+]. The molecule has 2 N–H and O–H groups in total. The molecule has 1 aromatic rings. The van der Waals surface area contributed by atoms with Gasteiger partial charge in [-0.1, -0.05) is 6.07 Å². The zero-order valence-electron chi connectivity index (χ0n) is 9.05. The number of anilines is 1. The molecule has 0 aliphatic carbocycles. The second kappa shape index (κ2) is 7.13. The third-order valence-corrected chi connectivity index (χ3v) is 2.45. The van der Waals surface area contributed by atoms with E-state index in [-0.39, 0.29) is 42.6 Å². The summed E-state index contributed by atoms with van der Waals surface area (Å²) in [7, 11) is -4.14. The first kappa shape index (κ1) is 15.7. The number of hydrogen-bond acceptors (Lipinski definition) is 5.